The summed E-state index contributed by atoms with van der Waals surface area (Å²) in [6.07, 6.45) is -2.07. The molecule has 7 aromatic carbocycles. The van der Waals surface area contributed by atoms with Gasteiger partial charge in [0.2, 0.25) is 18.6 Å². The Kier molecular flexibility index (Phi) is 14.6. The Labute approximate surface area is 472 Å². The van der Waals surface area contributed by atoms with Crippen molar-refractivity contribution in [1.29, 1.82) is 0 Å². The maximum absolute atomic E-state index is 17.0. The van der Waals surface area contributed by atoms with Crippen LogP contribution in [0.25, 0.3) is 0 Å². The van der Waals surface area contributed by atoms with Crippen LogP contribution in [0.15, 0.2) is 170 Å². The van der Waals surface area contributed by atoms with Crippen LogP contribution in [-0.2, 0) is 42.4 Å². The number of benzene rings is 7. The van der Waals surface area contributed by atoms with Crippen molar-refractivity contribution in [2.24, 2.45) is 5.92 Å². The van der Waals surface area contributed by atoms with E-state index in [0.29, 0.717) is 70.4 Å². The zero-order chi connectivity index (χ0) is 56.5. The normalized spacial score (nSPS) is 21.7. The number of nitro benzene ring substituents is 1. The lowest BCUT2D eigenvalue weighted by atomic mass is 9.64. The van der Waals surface area contributed by atoms with Gasteiger partial charge >= 0.3 is 12.1 Å². The molecule has 1 spiro atoms. The number of piperazine rings is 1. The number of amides is 3. The zero-order valence-corrected chi connectivity index (χ0v) is 44.5. The molecule has 12 rings (SSSR count). The molecule has 7 aromatic rings. The molecule has 5 aliphatic rings. The van der Waals surface area contributed by atoms with Gasteiger partial charge < -0.3 is 38.4 Å². The predicted octanol–water partition coefficient (Wildman–Crippen LogP) is 8.45. The van der Waals surface area contributed by atoms with Gasteiger partial charge in [0.25, 0.3) is 5.69 Å². The van der Waals surface area contributed by atoms with Gasteiger partial charge in [0.15, 0.2) is 11.5 Å². The molecule has 18 nitrogen and oxygen atoms in total. The van der Waals surface area contributed by atoms with E-state index in [9.17, 15) is 15.2 Å². The second-order valence-electron chi connectivity index (χ2n) is 20.5. The number of methoxy groups -OCH3 is 1. The molecule has 3 amide bonds. The molecule has 5 aliphatic heterocycles. The number of cyclic esters (lactones) is 1. The number of nitro groups is 1. The molecule has 0 bridgehead atoms. The molecule has 414 valence electrons. The maximum Gasteiger partial charge on any atom is 0.421 e. The van der Waals surface area contributed by atoms with Crippen molar-refractivity contribution < 1.29 is 57.6 Å². The average Bonchev–Trinajstić information content (AvgIpc) is 3.13. The highest BCUT2D eigenvalue weighted by Crippen LogP contribution is 2.66. The minimum atomic E-state index is -2.14. The van der Waals surface area contributed by atoms with Crippen LogP contribution in [-0.4, -0.2) is 108 Å². The SMILES string of the molecule is COc1ccc(C#Cc2ccc3c(c2)[C@]2(C(=O)N3C(=O)OCc3ccc([N+](=O)[O-])cc3)[C@H](C(=O)N3CCN(Cc4ccc5c(c4)OCO5)CC3)[C@H]3C(=O)O[C@H](c4ccccc4)[C@H](c4ccccc4)N3[C@@H]2c2cccc(OCCO)c2)cc1. The summed E-state index contributed by atoms with van der Waals surface area (Å²) in [5, 5.41) is 21.5. The molecule has 0 unspecified atom stereocenters. The minimum Gasteiger partial charge on any atom is -0.497 e. The number of carbonyl (C=O) groups is 4. The number of aliphatic hydroxyl groups is 1. The first-order chi connectivity index (χ1) is 40.0. The first-order valence-electron chi connectivity index (χ1n) is 26.9. The van der Waals surface area contributed by atoms with E-state index in [1.807, 2.05) is 102 Å². The van der Waals surface area contributed by atoms with E-state index in [2.05, 4.69) is 16.7 Å². The zero-order valence-electron chi connectivity index (χ0n) is 44.5. The van der Waals surface area contributed by atoms with Crippen LogP contribution in [0.1, 0.15) is 62.7 Å². The van der Waals surface area contributed by atoms with Crippen LogP contribution in [0.3, 0.4) is 0 Å². The van der Waals surface area contributed by atoms with Crippen LogP contribution in [0, 0.1) is 27.9 Å². The lowest BCUT2D eigenvalue weighted by Crippen LogP contribution is -2.59. The number of hydrogen-bond donors (Lipinski definition) is 1. The average molecular weight is 1100 g/mol. The van der Waals surface area contributed by atoms with Crippen molar-refractivity contribution in [3.63, 3.8) is 0 Å². The lowest BCUT2D eigenvalue weighted by Gasteiger charge is -2.46. The number of anilines is 1. The van der Waals surface area contributed by atoms with Crippen molar-refractivity contribution in [3.05, 3.63) is 224 Å². The topological polar surface area (TPSA) is 200 Å². The molecular formula is C64H55N5O13. The molecule has 18 heteroatoms. The number of ether oxygens (including phenoxy) is 6. The van der Waals surface area contributed by atoms with Gasteiger partial charge in [-0.2, -0.15) is 0 Å². The highest BCUT2D eigenvalue weighted by Gasteiger charge is 2.76. The predicted molar refractivity (Wildman–Crippen MR) is 298 cm³/mol. The first kappa shape index (κ1) is 53.1. The molecule has 0 aliphatic carbocycles. The summed E-state index contributed by atoms with van der Waals surface area (Å²) >= 11 is 0. The van der Waals surface area contributed by atoms with Gasteiger partial charge in [-0.05, 0) is 112 Å². The summed E-state index contributed by atoms with van der Waals surface area (Å²) in [7, 11) is 1.57. The summed E-state index contributed by atoms with van der Waals surface area (Å²) in [6, 6.07) is 45.8. The van der Waals surface area contributed by atoms with E-state index >= 15 is 19.2 Å². The van der Waals surface area contributed by atoms with E-state index in [4.69, 9.17) is 28.4 Å². The van der Waals surface area contributed by atoms with Crippen LogP contribution < -0.4 is 23.8 Å². The standard InChI is InChI=1S/C64H55N5O13/c1-77-49-25-19-41(20-26-49)15-16-42-21-27-52-51(35-42)64(62(73)67(52)63(74)79-39-43-17-23-48(24-18-43)69(75)76)55(60(71)66-31-29-65(30-32-66)38-44-22-28-53-54(36-44)81-40-80-53)57-61(72)82-58(46-11-6-3-7-12-46)56(45-9-4-2-5-10-45)68(57)59(64)47-13-8-14-50(37-47)78-34-33-70/h2-14,17-28,35-37,55-59,70H,29-34,38-40H2,1H3/t55-,56-,57-,58+,59+,64-/m0/s1. The fraction of sp³-hybridized carbons (Fsp3) is 0.250. The summed E-state index contributed by atoms with van der Waals surface area (Å²) < 4.78 is 35.4. The van der Waals surface area contributed by atoms with Gasteiger partial charge in [-0.3, -0.25) is 34.3 Å². The van der Waals surface area contributed by atoms with E-state index in [1.54, 1.807) is 60.5 Å². The number of fused-ring (bicyclic) bond motifs is 4. The maximum atomic E-state index is 17.0. The molecule has 82 heavy (non-hydrogen) atoms. The molecule has 3 fully saturated rings. The van der Waals surface area contributed by atoms with E-state index < -0.39 is 64.4 Å². The Balaban J connectivity index is 1.06. The molecule has 0 aromatic heterocycles. The molecular weight excluding hydrogens is 1050 g/mol. The van der Waals surface area contributed by atoms with Gasteiger partial charge in [-0.1, -0.05) is 90.7 Å². The van der Waals surface area contributed by atoms with Crippen molar-refractivity contribution in [3.8, 4) is 34.8 Å². The number of nitrogens with zero attached hydrogens (tertiary/aromatic N) is 5. The molecule has 3 saturated heterocycles. The van der Waals surface area contributed by atoms with Gasteiger partial charge in [0.05, 0.1) is 42.3 Å². The second kappa shape index (κ2) is 22.5. The summed E-state index contributed by atoms with van der Waals surface area (Å²) in [6.45, 7) is 1.27. The van der Waals surface area contributed by atoms with Crippen molar-refractivity contribution in [2.45, 2.75) is 42.8 Å². The number of non-ortho nitro benzene ring substituents is 1. The molecule has 0 radical (unpaired) electrons. The van der Waals surface area contributed by atoms with Crippen molar-refractivity contribution >= 4 is 35.3 Å². The summed E-state index contributed by atoms with van der Waals surface area (Å²) in [4.78, 5) is 82.4. The molecule has 1 N–H and O–H groups in total. The number of aliphatic hydroxyl groups excluding tert-OH is 1. The largest absolute Gasteiger partial charge is 0.497 e. The number of imide groups is 1. The minimum absolute atomic E-state index is 0.0607. The first-order valence-corrected chi connectivity index (χ1v) is 26.9. The van der Waals surface area contributed by atoms with Gasteiger partial charge in [0.1, 0.15) is 42.3 Å². The molecule has 6 atom stereocenters. The van der Waals surface area contributed by atoms with Gasteiger partial charge in [0, 0.05) is 56.0 Å². The third-order valence-electron chi connectivity index (χ3n) is 15.9. The molecule has 5 heterocycles. The Morgan fingerprint density at radius 1 is 0.720 bits per heavy atom. The van der Waals surface area contributed by atoms with Gasteiger partial charge in [-0.15, -0.1) is 0 Å². The quantitative estimate of drug-likeness (QED) is 0.0499. The molecule has 0 saturated carbocycles. The monoisotopic (exact) mass is 1100 g/mol. The van der Waals surface area contributed by atoms with Crippen LogP contribution in [0.4, 0.5) is 16.2 Å². The fourth-order valence-corrected chi connectivity index (χ4v) is 12.2. The fourth-order valence-electron chi connectivity index (χ4n) is 12.2. The number of carbonyl (C=O) groups excluding carboxylic acids is 4. The highest BCUT2D eigenvalue weighted by molar-refractivity contribution is 6.23. The van der Waals surface area contributed by atoms with Crippen molar-refractivity contribution in [2.75, 3.05) is 58.2 Å². The number of hydrogen-bond acceptors (Lipinski definition) is 15. The second-order valence-corrected chi connectivity index (χ2v) is 20.5. The van der Waals surface area contributed by atoms with Crippen molar-refractivity contribution in [1.82, 2.24) is 14.7 Å². The Bertz CT molecular complexity index is 3640. The van der Waals surface area contributed by atoms with E-state index in [1.165, 1.54) is 24.3 Å². The summed E-state index contributed by atoms with van der Waals surface area (Å²) in [5.74, 6) is 5.13. The highest BCUT2D eigenvalue weighted by atomic mass is 16.7. The Hall–Kier alpha value is -9.54. The summed E-state index contributed by atoms with van der Waals surface area (Å²) in [5.41, 5.74) is 2.36. The van der Waals surface area contributed by atoms with E-state index in [-0.39, 0.29) is 56.6 Å². The third-order valence-corrected chi connectivity index (χ3v) is 15.9. The van der Waals surface area contributed by atoms with Gasteiger partial charge in [-0.25, -0.2) is 9.69 Å². The Morgan fingerprint density at radius 2 is 1.40 bits per heavy atom. The van der Waals surface area contributed by atoms with E-state index in [0.717, 1.165) is 16.0 Å². The number of esters is 1. The van der Waals surface area contributed by atoms with Crippen LogP contribution >= 0.6 is 0 Å². The Morgan fingerprint density at radius 3 is 2.12 bits per heavy atom. The number of morpholine rings is 1. The number of rotatable bonds is 13. The lowest BCUT2D eigenvalue weighted by molar-refractivity contribution is -0.384. The van der Waals surface area contributed by atoms with Crippen LogP contribution in [0.5, 0.6) is 23.0 Å². The third kappa shape index (κ3) is 9.78. The smallest absolute Gasteiger partial charge is 0.421 e. The van der Waals surface area contributed by atoms with Crippen LogP contribution in [0.2, 0.25) is 0 Å².